The van der Waals surface area contributed by atoms with Crippen LogP contribution in [0.15, 0.2) is 158 Å². The zero-order valence-corrected chi connectivity index (χ0v) is 23.2. The molecule has 0 radical (unpaired) electrons. The molecule has 0 unspecified atom stereocenters. The summed E-state index contributed by atoms with van der Waals surface area (Å²) in [5.74, 6) is -1.22. The molecule has 0 bridgehead atoms. The molecular weight excluding hydrogens is 534 g/mol. The zero-order chi connectivity index (χ0) is 29.2. The molecule has 7 rings (SSSR count). The van der Waals surface area contributed by atoms with E-state index >= 15 is 0 Å². The van der Waals surface area contributed by atoms with Crippen LogP contribution < -0.4 is 4.90 Å². The molecule has 0 atom stereocenters. The van der Waals surface area contributed by atoms with Gasteiger partial charge in [0.15, 0.2) is 0 Å². The van der Waals surface area contributed by atoms with E-state index in [0.29, 0.717) is 11.1 Å². The lowest BCUT2D eigenvalue weighted by Gasteiger charge is -2.26. The van der Waals surface area contributed by atoms with Crippen LogP contribution in [0.1, 0.15) is 0 Å². The second kappa shape index (κ2) is 11.3. The van der Waals surface area contributed by atoms with E-state index in [1.807, 2.05) is 97.2 Å². The van der Waals surface area contributed by atoms with Crippen molar-refractivity contribution in [2.45, 2.75) is 0 Å². The fraction of sp³-hybridized carbons (Fsp3) is 0. The lowest BCUT2D eigenvalue weighted by atomic mass is 9.94. The Morgan fingerprint density at radius 2 is 1.00 bits per heavy atom. The molecule has 1 heterocycles. The van der Waals surface area contributed by atoms with Crippen LogP contribution in [0.5, 0.6) is 0 Å². The molecule has 206 valence electrons. The first-order valence-electron chi connectivity index (χ1n) is 14.1. The van der Waals surface area contributed by atoms with Gasteiger partial charge in [-0.25, -0.2) is 8.78 Å². The molecule has 0 aliphatic heterocycles. The highest BCUT2D eigenvalue weighted by Gasteiger charge is 2.17. The number of anilines is 3. The molecule has 0 aliphatic carbocycles. The highest BCUT2D eigenvalue weighted by Crippen LogP contribution is 2.40. The van der Waals surface area contributed by atoms with Gasteiger partial charge in [-0.2, -0.15) is 0 Å². The summed E-state index contributed by atoms with van der Waals surface area (Å²) >= 11 is 0. The molecule has 0 aliphatic rings. The number of hydrogen-bond donors (Lipinski definition) is 0. The van der Waals surface area contributed by atoms with Gasteiger partial charge in [0.25, 0.3) is 0 Å². The van der Waals surface area contributed by atoms with Crippen LogP contribution in [-0.2, 0) is 0 Å². The summed E-state index contributed by atoms with van der Waals surface area (Å²) in [6.07, 6.45) is 1.88. The van der Waals surface area contributed by atoms with E-state index in [1.165, 1.54) is 12.1 Å². The van der Waals surface area contributed by atoms with Gasteiger partial charge in [-0.05, 0) is 88.0 Å². The number of hydrogen-bond acceptors (Lipinski definition) is 2. The number of aromatic nitrogens is 1. The van der Waals surface area contributed by atoms with E-state index in [1.54, 1.807) is 0 Å². The minimum atomic E-state index is -0.609. The molecule has 43 heavy (non-hydrogen) atoms. The zero-order valence-electron chi connectivity index (χ0n) is 23.2. The minimum absolute atomic E-state index is 0.476. The summed E-state index contributed by atoms with van der Waals surface area (Å²) in [5, 5.41) is 1.02. The predicted molar refractivity (Wildman–Crippen MR) is 173 cm³/mol. The van der Waals surface area contributed by atoms with Crippen LogP contribution in [0.3, 0.4) is 0 Å². The third-order valence-electron chi connectivity index (χ3n) is 7.55. The topological polar surface area (TPSA) is 16.1 Å². The van der Waals surface area contributed by atoms with Crippen LogP contribution in [0.4, 0.5) is 25.8 Å². The predicted octanol–water partition coefficient (Wildman–Crippen LogP) is 11.0. The molecule has 0 amide bonds. The largest absolute Gasteiger partial charge is 0.309 e. The van der Waals surface area contributed by atoms with E-state index in [4.69, 9.17) is 4.98 Å². The first-order valence-corrected chi connectivity index (χ1v) is 14.1. The van der Waals surface area contributed by atoms with Gasteiger partial charge in [-0.1, -0.05) is 91.0 Å². The van der Waals surface area contributed by atoms with E-state index in [-0.39, 0.29) is 0 Å². The number of rotatable bonds is 6. The summed E-state index contributed by atoms with van der Waals surface area (Å²) in [4.78, 5) is 7.10. The molecule has 0 spiro atoms. The highest BCUT2D eigenvalue weighted by molar-refractivity contribution is 6.00. The molecule has 0 saturated heterocycles. The summed E-state index contributed by atoms with van der Waals surface area (Å²) in [5.41, 5.74) is 9.14. The maximum absolute atomic E-state index is 14.1. The van der Waals surface area contributed by atoms with E-state index < -0.39 is 11.6 Å². The normalized spacial score (nSPS) is 11.0. The third kappa shape index (κ3) is 5.39. The Balaban J connectivity index is 1.42. The van der Waals surface area contributed by atoms with Gasteiger partial charge >= 0.3 is 0 Å². The maximum atomic E-state index is 14.1. The number of fused-ring (bicyclic) bond motifs is 1. The summed E-state index contributed by atoms with van der Waals surface area (Å²) in [6.45, 7) is 0. The van der Waals surface area contributed by atoms with Gasteiger partial charge in [0, 0.05) is 22.8 Å². The average molecular weight is 561 g/mol. The first-order chi connectivity index (χ1) is 21.1. The molecule has 2 nitrogen and oxygen atoms in total. The smallest absolute Gasteiger partial charge is 0.126 e. The monoisotopic (exact) mass is 560 g/mol. The maximum Gasteiger partial charge on any atom is 0.126 e. The quantitative estimate of drug-likeness (QED) is 0.201. The fourth-order valence-electron chi connectivity index (χ4n) is 5.56. The second-order valence-electron chi connectivity index (χ2n) is 10.4. The van der Waals surface area contributed by atoms with E-state index in [0.717, 1.165) is 56.3 Å². The lowest BCUT2D eigenvalue weighted by Crippen LogP contribution is -2.10. The van der Waals surface area contributed by atoms with E-state index in [9.17, 15) is 8.78 Å². The van der Waals surface area contributed by atoms with Gasteiger partial charge in [0.1, 0.15) is 11.6 Å². The van der Waals surface area contributed by atoms with Crippen molar-refractivity contribution in [2.24, 2.45) is 0 Å². The highest BCUT2D eigenvalue weighted by atomic mass is 19.1. The molecule has 0 N–H and O–H groups in total. The Bertz CT molecular complexity index is 2020. The van der Waals surface area contributed by atoms with Crippen LogP contribution in [0.25, 0.3) is 44.3 Å². The Hall–Kier alpha value is -5.61. The standard InChI is InChI=1S/C39H26F2N2/c40-32-19-30(20-33(41)24-32)29-15-10-18-35(21-29)43(34-16-8-3-9-17-34)36-25-38-37(28-13-6-2-7-14-28)22-31(23-39(38)42-26-36)27-11-4-1-5-12-27/h1-26H. The van der Waals surface area contributed by atoms with Crippen LogP contribution in [-0.4, -0.2) is 4.98 Å². The van der Waals surface area contributed by atoms with Crippen molar-refractivity contribution in [1.82, 2.24) is 4.98 Å². The number of halogens is 2. The van der Waals surface area contributed by atoms with Gasteiger partial charge < -0.3 is 4.90 Å². The molecule has 0 saturated carbocycles. The number of pyridine rings is 1. The number of para-hydroxylation sites is 1. The fourth-order valence-corrected chi connectivity index (χ4v) is 5.56. The molecule has 0 fully saturated rings. The van der Waals surface area contributed by atoms with E-state index in [2.05, 4.69) is 47.4 Å². The van der Waals surface area contributed by atoms with Crippen molar-refractivity contribution < 1.29 is 8.78 Å². The molecule has 4 heteroatoms. The van der Waals surface area contributed by atoms with Crippen LogP contribution in [0, 0.1) is 11.6 Å². The summed E-state index contributed by atoms with van der Waals surface area (Å²) in [7, 11) is 0. The van der Waals surface area contributed by atoms with Crippen molar-refractivity contribution in [2.75, 3.05) is 4.90 Å². The third-order valence-corrected chi connectivity index (χ3v) is 7.55. The number of benzene rings is 6. The van der Waals surface area contributed by atoms with Crippen molar-refractivity contribution >= 4 is 28.0 Å². The van der Waals surface area contributed by atoms with Crippen molar-refractivity contribution in [3.8, 4) is 33.4 Å². The Morgan fingerprint density at radius 3 is 1.70 bits per heavy atom. The van der Waals surface area contributed by atoms with Gasteiger partial charge in [-0.3, -0.25) is 4.98 Å². The SMILES string of the molecule is Fc1cc(F)cc(-c2cccc(N(c3ccccc3)c3cnc4cc(-c5ccccc5)cc(-c5ccccc5)c4c3)c2)c1. The number of nitrogens with zero attached hydrogens (tertiary/aromatic N) is 2. The Morgan fingerprint density at radius 1 is 0.419 bits per heavy atom. The van der Waals surface area contributed by atoms with Crippen LogP contribution >= 0.6 is 0 Å². The molecule has 1 aromatic heterocycles. The van der Waals surface area contributed by atoms with Crippen LogP contribution in [0.2, 0.25) is 0 Å². The molecular formula is C39H26F2N2. The summed E-state index contributed by atoms with van der Waals surface area (Å²) < 4.78 is 28.2. The Kier molecular flexibility index (Phi) is 6.94. The Labute approximate surface area is 249 Å². The van der Waals surface area contributed by atoms with Crippen molar-refractivity contribution in [3.63, 3.8) is 0 Å². The minimum Gasteiger partial charge on any atom is -0.309 e. The second-order valence-corrected chi connectivity index (χ2v) is 10.4. The lowest BCUT2D eigenvalue weighted by molar-refractivity contribution is 0.584. The first kappa shape index (κ1) is 26.3. The van der Waals surface area contributed by atoms with Crippen molar-refractivity contribution in [1.29, 1.82) is 0 Å². The average Bonchev–Trinajstić information content (AvgIpc) is 3.05. The van der Waals surface area contributed by atoms with Crippen molar-refractivity contribution in [3.05, 3.63) is 169 Å². The van der Waals surface area contributed by atoms with Gasteiger partial charge in [0.2, 0.25) is 0 Å². The summed E-state index contributed by atoms with van der Waals surface area (Å²) in [6, 6.07) is 48.5. The molecule has 6 aromatic carbocycles. The van der Waals surface area contributed by atoms with Gasteiger partial charge in [-0.15, -0.1) is 0 Å². The molecule has 7 aromatic rings. The van der Waals surface area contributed by atoms with Gasteiger partial charge in [0.05, 0.1) is 17.4 Å².